The summed E-state index contributed by atoms with van der Waals surface area (Å²) in [5.74, 6) is 0.599. The third-order valence-electron chi connectivity index (χ3n) is 3.62. The quantitative estimate of drug-likeness (QED) is 0.683. The maximum absolute atomic E-state index is 11.4. The molecule has 1 fully saturated rings. The summed E-state index contributed by atoms with van der Waals surface area (Å²) in [5, 5.41) is 12.8. The predicted molar refractivity (Wildman–Crippen MR) is 68.8 cm³/mol. The molecule has 0 heterocycles. The summed E-state index contributed by atoms with van der Waals surface area (Å²) in [6.45, 7) is 1.16. The fourth-order valence-corrected chi connectivity index (χ4v) is 2.45. The van der Waals surface area contributed by atoms with Crippen LogP contribution in [0.15, 0.2) is 0 Å². The fourth-order valence-electron chi connectivity index (χ4n) is 2.45. The SMILES string of the molecule is CN(C)C(=O)CCCNC1CCCCC1CO. The number of amides is 1. The van der Waals surface area contributed by atoms with Gasteiger partial charge in [0.1, 0.15) is 0 Å². The number of aliphatic hydroxyl groups excluding tert-OH is 1. The Labute approximate surface area is 104 Å². The van der Waals surface area contributed by atoms with Gasteiger partial charge < -0.3 is 15.3 Å². The van der Waals surface area contributed by atoms with Crippen molar-refractivity contribution in [2.45, 2.75) is 44.6 Å². The smallest absolute Gasteiger partial charge is 0.222 e. The van der Waals surface area contributed by atoms with Gasteiger partial charge in [0.25, 0.3) is 0 Å². The molecule has 4 nitrogen and oxygen atoms in total. The summed E-state index contributed by atoms with van der Waals surface area (Å²) in [4.78, 5) is 13.0. The summed E-state index contributed by atoms with van der Waals surface area (Å²) >= 11 is 0. The zero-order valence-corrected chi connectivity index (χ0v) is 11.1. The van der Waals surface area contributed by atoms with E-state index in [2.05, 4.69) is 5.32 Å². The van der Waals surface area contributed by atoms with Crippen LogP contribution in [0.1, 0.15) is 38.5 Å². The van der Waals surface area contributed by atoms with Crippen molar-refractivity contribution in [2.75, 3.05) is 27.2 Å². The van der Waals surface area contributed by atoms with Gasteiger partial charge in [-0.3, -0.25) is 4.79 Å². The van der Waals surface area contributed by atoms with Gasteiger partial charge in [0, 0.05) is 33.2 Å². The summed E-state index contributed by atoms with van der Waals surface area (Å²) in [5.41, 5.74) is 0. The Hall–Kier alpha value is -0.610. The van der Waals surface area contributed by atoms with Crippen LogP contribution in [-0.4, -0.2) is 49.2 Å². The zero-order chi connectivity index (χ0) is 12.7. The van der Waals surface area contributed by atoms with Crippen LogP contribution in [0.2, 0.25) is 0 Å². The van der Waals surface area contributed by atoms with Gasteiger partial charge in [-0.1, -0.05) is 12.8 Å². The molecule has 4 heteroatoms. The molecule has 0 saturated heterocycles. The highest BCUT2D eigenvalue weighted by atomic mass is 16.3. The Morgan fingerprint density at radius 1 is 1.35 bits per heavy atom. The van der Waals surface area contributed by atoms with Crippen LogP contribution < -0.4 is 5.32 Å². The van der Waals surface area contributed by atoms with E-state index in [9.17, 15) is 9.90 Å². The van der Waals surface area contributed by atoms with Crippen LogP contribution in [-0.2, 0) is 4.79 Å². The maximum Gasteiger partial charge on any atom is 0.222 e. The Morgan fingerprint density at radius 2 is 2.06 bits per heavy atom. The molecular weight excluding hydrogens is 216 g/mol. The highest BCUT2D eigenvalue weighted by Gasteiger charge is 2.23. The number of carbonyl (C=O) groups is 1. The molecule has 0 radical (unpaired) electrons. The lowest BCUT2D eigenvalue weighted by Crippen LogP contribution is -2.40. The molecule has 0 aliphatic heterocycles. The van der Waals surface area contributed by atoms with Gasteiger partial charge >= 0.3 is 0 Å². The second-order valence-corrected chi connectivity index (χ2v) is 5.18. The topological polar surface area (TPSA) is 52.6 Å². The van der Waals surface area contributed by atoms with Gasteiger partial charge in [0.2, 0.25) is 5.91 Å². The normalized spacial score (nSPS) is 24.6. The largest absolute Gasteiger partial charge is 0.396 e. The zero-order valence-electron chi connectivity index (χ0n) is 11.1. The number of rotatable bonds is 6. The van der Waals surface area contributed by atoms with Crippen molar-refractivity contribution in [1.82, 2.24) is 10.2 Å². The van der Waals surface area contributed by atoms with Crippen molar-refractivity contribution in [2.24, 2.45) is 5.92 Å². The maximum atomic E-state index is 11.4. The average molecular weight is 242 g/mol. The molecular formula is C13H26N2O2. The molecule has 1 aliphatic carbocycles. The summed E-state index contributed by atoms with van der Waals surface area (Å²) in [6.07, 6.45) is 6.27. The van der Waals surface area contributed by atoms with Gasteiger partial charge in [-0.2, -0.15) is 0 Å². The molecule has 1 aliphatic rings. The van der Waals surface area contributed by atoms with Crippen molar-refractivity contribution in [3.63, 3.8) is 0 Å². The first-order valence-electron chi connectivity index (χ1n) is 6.69. The molecule has 0 aromatic carbocycles. The van der Waals surface area contributed by atoms with Crippen LogP contribution in [0.4, 0.5) is 0 Å². The van der Waals surface area contributed by atoms with E-state index in [1.807, 2.05) is 0 Å². The minimum Gasteiger partial charge on any atom is -0.396 e. The van der Waals surface area contributed by atoms with Crippen LogP contribution in [0, 0.1) is 5.92 Å². The van der Waals surface area contributed by atoms with Gasteiger partial charge in [0.05, 0.1) is 0 Å². The molecule has 1 saturated carbocycles. The van der Waals surface area contributed by atoms with Crippen LogP contribution in [0.25, 0.3) is 0 Å². The lowest BCUT2D eigenvalue weighted by Gasteiger charge is -2.31. The Balaban J connectivity index is 2.14. The monoisotopic (exact) mass is 242 g/mol. The summed E-state index contributed by atoms with van der Waals surface area (Å²) < 4.78 is 0. The van der Waals surface area contributed by atoms with Crippen molar-refractivity contribution in [1.29, 1.82) is 0 Å². The number of nitrogens with zero attached hydrogens (tertiary/aromatic N) is 1. The first-order valence-corrected chi connectivity index (χ1v) is 6.69. The lowest BCUT2D eigenvalue weighted by molar-refractivity contribution is -0.128. The van der Waals surface area contributed by atoms with Gasteiger partial charge in [-0.15, -0.1) is 0 Å². The number of nitrogens with one attached hydrogen (secondary N) is 1. The molecule has 1 rings (SSSR count). The summed E-state index contributed by atoms with van der Waals surface area (Å²) in [6, 6.07) is 0.447. The molecule has 1 amide bonds. The van der Waals surface area contributed by atoms with Crippen LogP contribution in [0.3, 0.4) is 0 Å². The first kappa shape index (κ1) is 14.5. The van der Waals surface area contributed by atoms with E-state index in [1.165, 1.54) is 12.8 Å². The Bertz CT molecular complexity index is 231. The van der Waals surface area contributed by atoms with Gasteiger partial charge in [-0.05, 0) is 31.7 Å². The van der Waals surface area contributed by atoms with Gasteiger partial charge in [-0.25, -0.2) is 0 Å². The van der Waals surface area contributed by atoms with Crippen molar-refractivity contribution in [3.8, 4) is 0 Å². The molecule has 0 bridgehead atoms. The number of hydrogen-bond acceptors (Lipinski definition) is 3. The number of hydrogen-bond donors (Lipinski definition) is 2. The molecule has 100 valence electrons. The van der Waals surface area contributed by atoms with E-state index in [1.54, 1.807) is 19.0 Å². The molecule has 17 heavy (non-hydrogen) atoms. The Morgan fingerprint density at radius 3 is 2.71 bits per heavy atom. The first-order chi connectivity index (χ1) is 8.15. The molecule has 0 aromatic rings. The minimum absolute atomic E-state index is 0.189. The highest BCUT2D eigenvalue weighted by molar-refractivity contribution is 5.75. The van der Waals surface area contributed by atoms with E-state index in [0.29, 0.717) is 18.4 Å². The van der Waals surface area contributed by atoms with Crippen LogP contribution in [0.5, 0.6) is 0 Å². The second kappa shape index (κ2) is 7.67. The minimum atomic E-state index is 0.189. The van der Waals surface area contributed by atoms with Crippen molar-refractivity contribution in [3.05, 3.63) is 0 Å². The lowest BCUT2D eigenvalue weighted by atomic mass is 9.85. The average Bonchev–Trinajstić information content (AvgIpc) is 2.34. The van der Waals surface area contributed by atoms with E-state index in [-0.39, 0.29) is 12.5 Å². The van der Waals surface area contributed by atoms with E-state index >= 15 is 0 Å². The highest BCUT2D eigenvalue weighted by Crippen LogP contribution is 2.23. The van der Waals surface area contributed by atoms with E-state index < -0.39 is 0 Å². The van der Waals surface area contributed by atoms with Crippen LogP contribution >= 0.6 is 0 Å². The molecule has 2 N–H and O–H groups in total. The number of aliphatic hydroxyl groups is 1. The molecule has 0 spiro atoms. The fraction of sp³-hybridized carbons (Fsp3) is 0.923. The van der Waals surface area contributed by atoms with E-state index in [4.69, 9.17) is 0 Å². The third-order valence-corrected chi connectivity index (χ3v) is 3.62. The number of carbonyl (C=O) groups excluding carboxylic acids is 1. The molecule has 2 atom stereocenters. The van der Waals surface area contributed by atoms with Crippen molar-refractivity contribution < 1.29 is 9.90 Å². The van der Waals surface area contributed by atoms with Gasteiger partial charge in [0.15, 0.2) is 0 Å². The van der Waals surface area contributed by atoms with E-state index in [0.717, 1.165) is 25.8 Å². The molecule has 2 unspecified atom stereocenters. The summed E-state index contributed by atoms with van der Waals surface area (Å²) in [7, 11) is 3.58. The van der Waals surface area contributed by atoms with Crippen molar-refractivity contribution >= 4 is 5.91 Å². The predicted octanol–water partition coefficient (Wildman–Crippen LogP) is 0.995. The Kier molecular flexibility index (Phi) is 6.52. The standard InChI is InChI=1S/C13H26N2O2/c1-15(2)13(17)8-5-9-14-12-7-4-3-6-11(12)10-16/h11-12,14,16H,3-10H2,1-2H3. The third kappa shape index (κ3) is 5.04. The second-order valence-electron chi connectivity index (χ2n) is 5.18. The molecule has 0 aromatic heterocycles.